The van der Waals surface area contributed by atoms with Gasteiger partial charge >= 0.3 is 5.97 Å². The summed E-state index contributed by atoms with van der Waals surface area (Å²) in [5, 5.41) is 69.2. The van der Waals surface area contributed by atoms with Crippen LogP contribution in [0.1, 0.15) is 73.3 Å². The molecular weight excluding hydrogens is 847 g/mol. The summed E-state index contributed by atoms with van der Waals surface area (Å²) < 4.78 is 12.2. The van der Waals surface area contributed by atoms with Crippen molar-refractivity contribution in [2.24, 2.45) is 0 Å². The van der Waals surface area contributed by atoms with Crippen molar-refractivity contribution in [2.45, 2.75) is 37.9 Å². The van der Waals surface area contributed by atoms with Crippen LogP contribution in [0.2, 0.25) is 0 Å². The molecule has 15 nitrogen and oxygen atoms in total. The third kappa shape index (κ3) is 8.96. The number of anilines is 1. The number of carbonyl (C=O) groups is 3. The van der Waals surface area contributed by atoms with Crippen LogP contribution in [-0.2, 0) is 0 Å². The lowest BCUT2D eigenvalue weighted by molar-refractivity contribution is -0.0670. The molecule has 0 radical (unpaired) electrons. The smallest absolute Gasteiger partial charge is 0.336 e. The van der Waals surface area contributed by atoms with Crippen LogP contribution in [0.3, 0.4) is 0 Å². The third-order valence-electron chi connectivity index (χ3n) is 11.5. The average molecular weight is 892 g/mol. The number of hydrogen-bond acceptors (Lipinski definition) is 12. The van der Waals surface area contributed by atoms with E-state index < -0.39 is 36.4 Å². The number of aromatic hydroxyl groups is 1. The lowest BCUT2D eigenvalue weighted by atomic mass is 9.88. The van der Waals surface area contributed by atoms with E-state index in [-0.39, 0.29) is 57.7 Å². The van der Waals surface area contributed by atoms with E-state index in [0.29, 0.717) is 73.6 Å². The molecule has 0 fully saturated rings. The normalized spacial score (nSPS) is 12.5. The first-order valence-corrected chi connectivity index (χ1v) is 20.9. The molecule has 2 heterocycles. The van der Waals surface area contributed by atoms with Crippen LogP contribution in [0.5, 0.6) is 17.2 Å². The van der Waals surface area contributed by atoms with Crippen LogP contribution in [0, 0.1) is 0 Å². The maximum atomic E-state index is 13.6. The van der Waals surface area contributed by atoms with Gasteiger partial charge < -0.3 is 55.3 Å². The zero-order valence-electron chi connectivity index (χ0n) is 35.7. The third-order valence-corrected chi connectivity index (χ3v) is 11.5. The van der Waals surface area contributed by atoms with Crippen molar-refractivity contribution in [3.63, 3.8) is 0 Å². The fourth-order valence-electron chi connectivity index (χ4n) is 8.21. The van der Waals surface area contributed by atoms with Crippen molar-refractivity contribution in [3.05, 3.63) is 163 Å². The SMILES string of the molecule is C=c1ccc2c(c1)Oc1cc(N(C)C)ccc1C=2c1ccc(C(=O)NC(CCCCNC(=O)c2ccc(-c3c4ccc(=O)cc-4oc4cc(O)ccc34)c(C(O)O)c2)C(O)O)cc1C(=O)O. The number of phenols is 1. The number of nitrogens with zero attached hydrogens (tertiary/aromatic N) is 1. The van der Waals surface area contributed by atoms with Gasteiger partial charge in [0.15, 0.2) is 18.0 Å². The Morgan fingerprint density at radius 3 is 2.20 bits per heavy atom. The average Bonchev–Trinajstić information content (AvgIpc) is 3.28. The van der Waals surface area contributed by atoms with Crippen molar-refractivity contribution in [3.8, 4) is 39.7 Å². The van der Waals surface area contributed by atoms with Crippen LogP contribution in [-0.4, -0.2) is 81.4 Å². The molecule has 1 unspecified atom stereocenters. The summed E-state index contributed by atoms with van der Waals surface area (Å²) in [5.41, 5.74) is 3.68. The molecule has 336 valence electrons. The highest BCUT2D eigenvalue weighted by molar-refractivity contribution is 6.05. The summed E-state index contributed by atoms with van der Waals surface area (Å²) in [5.74, 6) is -1.38. The monoisotopic (exact) mass is 891 g/mol. The zero-order chi connectivity index (χ0) is 47.0. The second kappa shape index (κ2) is 18.3. The second-order valence-electron chi connectivity index (χ2n) is 16.2. The number of fused-ring (bicyclic) bond motifs is 4. The summed E-state index contributed by atoms with van der Waals surface area (Å²) in [6.45, 7) is 4.15. The molecule has 2 aliphatic heterocycles. The molecule has 3 aliphatic rings. The van der Waals surface area contributed by atoms with E-state index in [4.69, 9.17) is 9.15 Å². The highest BCUT2D eigenvalue weighted by Crippen LogP contribution is 2.43. The number of benzene rings is 6. The Balaban J connectivity index is 0.948. The van der Waals surface area contributed by atoms with E-state index >= 15 is 0 Å². The Morgan fingerprint density at radius 1 is 0.742 bits per heavy atom. The number of amides is 2. The molecule has 0 saturated heterocycles. The zero-order valence-corrected chi connectivity index (χ0v) is 35.7. The molecule has 15 heteroatoms. The lowest BCUT2D eigenvalue weighted by Gasteiger charge is -2.24. The van der Waals surface area contributed by atoms with Crippen molar-refractivity contribution in [1.82, 2.24) is 10.6 Å². The van der Waals surface area contributed by atoms with E-state index in [9.17, 15) is 49.8 Å². The van der Waals surface area contributed by atoms with Crippen LogP contribution < -0.4 is 36.1 Å². The lowest BCUT2D eigenvalue weighted by Crippen LogP contribution is -2.43. The van der Waals surface area contributed by atoms with E-state index in [0.717, 1.165) is 5.69 Å². The maximum absolute atomic E-state index is 13.6. The molecule has 0 spiro atoms. The number of hydrogen-bond donors (Lipinski definition) is 8. The molecule has 5 aromatic rings. The number of aromatic carboxylic acids is 1. The number of aliphatic hydroxyl groups is 4. The number of carboxylic acids is 1. The molecular formula is C51H45N3O12. The Morgan fingerprint density at radius 2 is 1.47 bits per heavy atom. The quantitative estimate of drug-likeness (QED) is 0.0417. The number of ether oxygens (including phenoxy) is 1. The molecule has 0 saturated carbocycles. The molecule has 0 bridgehead atoms. The number of unbranched alkanes of at least 4 members (excludes halogenated alkanes) is 1. The number of carbonyl (C=O) groups excluding carboxylic acids is 2. The summed E-state index contributed by atoms with van der Waals surface area (Å²) in [4.78, 5) is 53.8. The van der Waals surface area contributed by atoms with E-state index in [1.807, 2.05) is 43.3 Å². The minimum atomic E-state index is -2.00. The largest absolute Gasteiger partial charge is 0.508 e. The number of phenolic OH excluding ortho intramolecular Hbond substituents is 1. The molecule has 2 amide bonds. The van der Waals surface area contributed by atoms with Gasteiger partial charge in [0.25, 0.3) is 11.8 Å². The Kier molecular flexibility index (Phi) is 12.4. The van der Waals surface area contributed by atoms with Gasteiger partial charge in [0.1, 0.15) is 28.6 Å². The number of nitrogens with one attached hydrogen (secondary N) is 2. The van der Waals surface area contributed by atoms with Crippen molar-refractivity contribution in [2.75, 3.05) is 25.5 Å². The topological polar surface area (TPSA) is 239 Å². The molecule has 0 aromatic heterocycles. The van der Waals surface area contributed by atoms with E-state index in [1.54, 1.807) is 36.4 Å². The Bertz CT molecular complexity index is 3210. The van der Waals surface area contributed by atoms with Gasteiger partial charge in [-0.05, 0) is 102 Å². The first-order chi connectivity index (χ1) is 31.6. The highest BCUT2D eigenvalue weighted by Gasteiger charge is 2.27. The van der Waals surface area contributed by atoms with Gasteiger partial charge in [-0.25, -0.2) is 4.79 Å². The van der Waals surface area contributed by atoms with E-state index in [2.05, 4.69) is 17.2 Å². The first kappa shape index (κ1) is 44.8. The highest BCUT2D eigenvalue weighted by atomic mass is 16.5. The van der Waals surface area contributed by atoms with Crippen LogP contribution in [0.25, 0.3) is 45.6 Å². The van der Waals surface area contributed by atoms with Gasteiger partial charge in [-0.3, -0.25) is 14.4 Å². The summed E-state index contributed by atoms with van der Waals surface area (Å²) >= 11 is 0. The molecule has 1 aliphatic carbocycles. The second-order valence-corrected chi connectivity index (χ2v) is 16.2. The van der Waals surface area contributed by atoms with Gasteiger partial charge in [0.2, 0.25) is 0 Å². The van der Waals surface area contributed by atoms with Crippen molar-refractivity contribution < 1.29 is 54.2 Å². The van der Waals surface area contributed by atoms with Gasteiger partial charge in [-0.15, -0.1) is 0 Å². The molecule has 8 N–H and O–H groups in total. The summed E-state index contributed by atoms with van der Waals surface area (Å²) in [6, 6.07) is 27.2. The van der Waals surface area contributed by atoms with Crippen molar-refractivity contribution in [1.29, 1.82) is 0 Å². The van der Waals surface area contributed by atoms with Gasteiger partial charge in [0, 0.05) is 94.1 Å². The molecule has 5 aromatic carbocycles. The van der Waals surface area contributed by atoms with E-state index in [1.165, 1.54) is 48.5 Å². The molecule has 1 atom stereocenters. The fraction of sp³-hybridized carbons (Fsp3) is 0.176. The van der Waals surface area contributed by atoms with Crippen LogP contribution in [0.15, 0.2) is 118 Å². The Hall–Kier alpha value is -7.82. The Labute approximate surface area is 376 Å². The molecule has 66 heavy (non-hydrogen) atoms. The first-order valence-electron chi connectivity index (χ1n) is 20.9. The van der Waals surface area contributed by atoms with Crippen LogP contribution >= 0.6 is 0 Å². The molecule has 8 rings (SSSR count). The predicted octanol–water partition coefficient (Wildman–Crippen LogP) is 4.79. The van der Waals surface area contributed by atoms with Crippen molar-refractivity contribution >= 4 is 46.6 Å². The number of carboxylic acid groups (broad SMARTS) is 1. The minimum Gasteiger partial charge on any atom is -0.508 e. The standard InChI is InChI=1S/C51H45N3O12/c1-26-7-13-34-41(20-26)65-42-23-29(54(2)3)10-16-35(42)45(34)33-15-9-28(22-39(33)50(61)62)48(58)53-40(51(63)64)6-4-5-19-52-47(57)27-8-14-32(38(21-27)49(59)60)46-36-17-11-30(55)24-43(36)66-44-25-31(56)12-18-37(44)46/h7-18,20-25,40,49,51,55,59-60,63-64H,1,4-6,19H2,2-3H3,(H,52,57)(H,53,58)(H,61,62). The number of aliphatic hydroxyl groups excluding tert-OH is 2. The number of rotatable bonds is 14. The van der Waals surface area contributed by atoms with Gasteiger partial charge in [-0.1, -0.05) is 30.8 Å². The maximum Gasteiger partial charge on any atom is 0.336 e. The summed E-state index contributed by atoms with van der Waals surface area (Å²) in [7, 11) is 3.79. The summed E-state index contributed by atoms with van der Waals surface area (Å²) in [6.07, 6.45) is -3.19. The fourth-order valence-corrected chi connectivity index (χ4v) is 8.21. The van der Waals surface area contributed by atoms with Crippen LogP contribution in [0.4, 0.5) is 5.69 Å². The van der Waals surface area contributed by atoms with Gasteiger partial charge in [-0.2, -0.15) is 0 Å². The predicted molar refractivity (Wildman–Crippen MR) is 246 cm³/mol. The minimum absolute atomic E-state index is 0.000847. The van der Waals surface area contributed by atoms with Gasteiger partial charge in [0.05, 0.1) is 11.6 Å².